The van der Waals surface area contributed by atoms with Gasteiger partial charge in [-0.2, -0.15) is 0 Å². The quantitative estimate of drug-likeness (QED) is 0.367. The standard InChI is InChI=1S/C27H34N6O2/c1-18(2)33-25-22-17-20(9-11-23(22)29-30-26(25)31(4)27(33)34)21-10-12-24(28-19(21)3)35-16-8-15-32-13-6-5-7-14-32/h9-12,17-18H,5-8,13-16H2,1-4H3. The second-order valence-corrected chi connectivity index (χ2v) is 9.80. The highest BCUT2D eigenvalue weighted by Gasteiger charge is 2.19. The van der Waals surface area contributed by atoms with E-state index in [1.54, 1.807) is 16.2 Å². The van der Waals surface area contributed by atoms with E-state index in [1.807, 2.05) is 39.0 Å². The molecule has 0 radical (unpaired) electrons. The molecule has 184 valence electrons. The lowest BCUT2D eigenvalue weighted by Crippen LogP contribution is -2.31. The van der Waals surface area contributed by atoms with Gasteiger partial charge in [-0.1, -0.05) is 12.5 Å². The molecule has 0 N–H and O–H groups in total. The number of rotatable bonds is 7. The number of fused-ring (bicyclic) bond motifs is 3. The molecule has 0 amide bonds. The maximum atomic E-state index is 12.8. The van der Waals surface area contributed by atoms with Gasteiger partial charge in [0.15, 0.2) is 5.65 Å². The summed E-state index contributed by atoms with van der Waals surface area (Å²) in [6.07, 6.45) is 5.01. The molecular weight excluding hydrogens is 440 g/mol. The number of imidazole rings is 1. The summed E-state index contributed by atoms with van der Waals surface area (Å²) in [6, 6.07) is 10.1. The largest absolute Gasteiger partial charge is 0.478 e. The molecule has 0 aliphatic carbocycles. The van der Waals surface area contributed by atoms with Crippen LogP contribution in [0.15, 0.2) is 35.1 Å². The van der Waals surface area contributed by atoms with Crippen LogP contribution in [0.5, 0.6) is 5.88 Å². The van der Waals surface area contributed by atoms with Gasteiger partial charge in [0, 0.05) is 42.3 Å². The van der Waals surface area contributed by atoms with Gasteiger partial charge in [0.2, 0.25) is 5.88 Å². The first-order chi connectivity index (χ1) is 16.9. The van der Waals surface area contributed by atoms with Gasteiger partial charge in [0.25, 0.3) is 0 Å². The molecule has 0 saturated carbocycles. The summed E-state index contributed by atoms with van der Waals surface area (Å²) < 4.78 is 9.32. The lowest BCUT2D eigenvalue weighted by molar-refractivity contribution is 0.203. The summed E-state index contributed by atoms with van der Waals surface area (Å²) in [4.78, 5) is 20.1. The monoisotopic (exact) mass is 474 g/mol. The molecule has 1 fully saturated rings. The third-order valence-electron chi connectivity index (χ3n) is 6.97. The number of aryl methyl sites for hydroxylation is 2. The molecule has 1 saturated heterocycles. The highest BCUT2D eigenvalue weighted by molar-refractivity contribution is 6.02. The SMILES string of the molecule is Cc1nc(OCCCN2CCCCC2)ccc1-c1ccc2nnc3c(c2c1)n(C(C)C)c(=O)n3C. The van der Waals surface area contributed by atoms with Crippen LogP contribution in [-0.2, 0) is 7.05 Å². The van der Waals surface area contributed by atoms with Gasteiger partial charge in [-0.15, -0.1) is 10.2 Å². The minimum atomic E-state index is -0.0816. The topological polar surface area (TPSA) is 78.1 Å². The van der Waals surface area contributed by atoms with Crippen molar-refractivity contribution in [3.8, 4) is 17.0 Å². The van der Waals surface area contributed by atoms with Crippen molar-refractivity contribution in [2.75, 3.05) is 26.2 Å². The van der Waals surface area contributed by atoms with Gasteiger partial charge in [0.05, 0.1) is 12.1 Å². The zero-order valence-electron chi connectivity index (χ0n) is 21.1. The van der Waals surface area contributed by atoms with Gasteiger partial charge >= 0.3 is 5.69 Å². The van der Waals surface area contributed by atoms with E-state index >= 15 is 0 Å². The summed E-state index contributed by atoms with van der Waals surface area (Å²) in [5.74, 6) is 0.663. The van der Waals surface area contributed by atoms with Gasteiger partial charge in [0.1, 0.15) is 5.52 Å². The van der Waals surface area contributed by atoms with Crippen LogP contribution in [0.25, 0.3) is 33.2 Å². The van der Waals surface area contributed by atoms with Crippen molar-refractivity contribution >= 4 is 22.1 Å². The second-order valence-electron chi connectivity index (χ2n) is 9.80. The molecule has 3 aromatic heterocycles. The summed E-state index contributed by atoms with van der Waals surface area (Å²) >= 11 is 0. The fraction of sp³-hybridized carbons (Fsp3) is 0.481. The molecule has 0 bridgehead atoms. The van der Waals surface area contributed by atoms with Crippen LogP contribution < -0.4 is 10.4 Å². The summed E-state index contributed by atoms with van der Waals surface area (Å²) in [5, 5.41) is 9.61. The Bertz CT molecular complexity index is 1410. The average Bonchev–Trinajstić information content (AvgIpc) is 3.13. The third-order valence-corrected chi connectivity index (χ3v) is 6.97. The molecule has 1 aromatic carbocycles. The highest BCUT2D eigenvalue weighted by atomic mass is 16.5. The van der Waals surface area contributed by atoms with E-state index < -0.39 is 0 Å². The van der Waals surface area contributed by atoms with Crippen molar-refractivity contribution in [1.82, 2.24) is 29.2 Å². The maximum Gasteiger partial charge on any atom is 0.330 e. The second kappa shape index (κ2) is 9.77. The van der Waals surface area contributed by atoms with Crippen molar-refractivity contribution in [3.05, 3.63) is 46.5 Å². The fourth-order valence-corrected chi connectivity index (χ4v) is 5.11. The number of likely N-dealkylation sites (tertiary alicyclic amines) is 1. The number of ether oxygens (including phenoxy) is 1. The first-order valence-electron chi connectivity index (χ1n) is 12.6. The van der Waals surface area contributed by atoms with E-state index in [1.165, 1.54) is 32.4 Å². The minimum absolute atomic E-state index is 0.0111. The Morgan fingerprint density at radius 1 is 1.06 bits per heavy atom. The van der Waals surface area contributed by atoms with Gasteiger partial charge in [-0.05, 0) is 76.9 Å². The molecule has 35 heavy (non-hydrogen) atoms. The van der Waals surface area contributed by atoms with Crippen molar-refractivity contribution in [3.63, 3.8) is 0 Å². The number of aromatic nitrogens is 5. The Kier molecular flexibility index (Phi) is 6.56. The van der Waals surface area contributed by atoms with E-state index in [2.05, 4.69) is 27.2 Å². The molecule has 4 heterocycles. The van der Waals surface area contributed by atoms with Crippen LogP contribution in [0.1, 0.15) is 51.3 Å². The highest BCUT2D eigenvalue weighted by Crippen LogP contribution is 2.30. The normalized spacial score (nSPS) is 14.9. The van der Waals surface area contributed by atoms with Gasteiger partial charge in [-0.3, -0.25) is 9.13 Å². The number of hydrogen-bond donors (Lipinski definition) is 0. The number of piperidine rings is 1. The van der Waals surface area contributed by atoms with Gasteiger partial charge < -0.3 is 9.64 Å². The van der Waals surface area contributed by atoms with Gasteiger partial charge in [-0.25, -0.2) is 9.78 Å². The van der Waals surface area contributed by atoms with Crippen molar-refractivity contribution < 1.29 is 4.74 Å². The Labute approximate surface area is 205 Å². The molecule has 1 aliphatic rings. The summed E-state index contributed by atoms with van der Waals surface area (Å²) in [5.41, 5.74) is 5.06. The molecule has 8 nitrogen and oxygen atoms in total. The predicted octanol–water partition coefficient (Wildman–Crippen LogP) is 4.49. The third kappa shape index (κ3) is 4.55. The molecule has 0 unspecified atom stereocenters. The minimum Gasteiger partial charge on any atom is -0.478 e. The number of nitrogens with zero attached hydrogens (tertiary/aromatic N) is 6. The van der Waals surface area contributed by atoms with E-state index in [4.69, 9.17) is 9.72 Å². The van der Waals surface area contributed by atoms with Crippen LogP contribution in [0, 0.1) is 6.92 Å². The first kappa shape index (κ1) is 23.5. The Hall–Kier alpha value is -3.26. The van der Waals surface area contributed by atoms with Crippen molar-refractivity contribution in [1.29, 1.82) is 0 Å². The zero-order chi connectivity index (χ0) is 24.5. The Morgan fingerprint density at radius 2 is 1.86 bits per heavy atom. The lowest BCUT2D eigenvalue weighted by Gasteiger charge is -2.26. The smallest absolute Gasteiger partial charge is 0.330 e. The van der Waals surface area contributed by atoms with E-state index in [0.717, 1.165) is 46.2 Å². The van der Waals surface area contributed by atoms with Crippen LogP contribution in [0.3, 0.4) is 0 Å². The van der Waals surface area contributed by atoms with Crippen LogP contribution >= 0.6 is 0 Å². The lowest BCUT2D eigenvalue weighted by atomic mass is 10.0. The van der Waals surface area contributed by atoms with E-state index in [9.17, 15) is 4.79 Å². The van der Waals surface area contributed by atoms with E-state index in [-0.39, 0.29) is 11.7 Å². The van der Waals surface area contributed by atoms with Crippen LogP contribution in [0.2, 0.25) is 0 Å². The molecule has 5 rings (SSSR count). The predicted molar refractivity (Wildman–Crippen MR) is 139 cm³/mol. The Balaban J connectivity index is 1.40. The Morgan fingerprint density at radius 3 is 2.60 bits per heavy atom. The van der Waals surface area contributed by atoms with Crippen molar-refractivity contribution in [2.45, 2.75) is 52.5 Å². The summed E-state index contributed by atoms with van der Waals surface area (Å²) in [6.45, 7) is 10.2. The summed E-state index contributed by atoms with van der Waals surface area (Å²) in [7, 11) is 1.74. The number of pyridine rings is 1. The molecular formula is C27H34N6O2. The fourth-order valence-electron chi connectivity index (χ4n) is 5.11. The average molecular weight is 475 g/mol. The zero-order valence-corrected chi connectivity index (χ0v) is 21.1. The van der Waals surface area contributed by atoms with E-state index in [0.29, 0.717) is 18.1 Å². The molecule has 4 aromatic rings. The van der Waals surface area contributed by atoms with Crippen molar-refractivity contribution in [2.24, 2.45) is 7.05 Å². The molecule has 0 spiro atoms. The first-order valence-corrected chi connectivity index (χ1v) is 12.6. The number of benzene rings is 1. The number of hydrogen-bond acceptors (Lipinski definition) is 6. The molecule has 1 aliphatic heterocycles. The van der Waals surface area contributed by atoms with Crippen LogP contribution in [-0.4, -0.2) is 55.5 Å². The molecule has 0 atom stereocenters. The molecule has 8 heteroatoms. The van der Waals surface area contributed by atoms with Crippen LogP contribution in [0.4, 0.5) is 0 Å². The maximum absolute atomic E-state index is 12.8.